The van der Waals surface area contributed by atoms with Crippen LogP contribution in [0.3, 0.4) is 0 Å². The highest BCUT2D eigenvalue weighted by Crippen LogP contribution is 2.24. The number of nitro groups is 1. The SMILES string of the molecule is CC1=CCCN(c2cc(C(=O)O)c([N+](=O)[O-])cn2)C1. The molecule has 1 N–H and O–H groups in total. The van der Waals surface area contributed by atoms with Crippen molar-refractivity contribution in [2.24, 2.45) is 0 Å². The van der Waals surface area contributed by atoms with Crippen LogP contribution >= 0.6 is 0 Å². The van der Waals surface area contributed by atoms with E-state index in [1.165, 1.54) is 11.6 Å². The quantitative estimate of drug-likeness (QED) is 0.507. The van der Waals surface area contributed by atoms with E-state index in [2.05, 4.69) is 11.1 Å². The number of carboxylic acid groups (broad SMARTS) is 1. The molecule has 0 radical (unpaired) electrons. The monoisotopic (exact) mass is 263 g/mol. The maximum Gasteiger partial charge on any atom is 0.342 e. The average molecular weight is 263 g/mol. The zero-order chi connectivity index (χ0) is 14.0. The van der Waals surface area contributed by atoms with Gasteiger partial charge < -0.3 is 10.0 Å². The number of carbonyl (C=O) groups is 1. The molecule has 19 heavy (non-hydrogen) atoms. The Bertz CT molecular complexity index is 568. The van der Waals surface area contributed by atoms with E-state index >= 15 is 0 Å². The van der Waals surface area contributed by atoms with Gasteiger partial charge in [-0.15, -0.1) is 0 Å². The highest BCUT2D eigenvalue weighted by atomic mass is 16.6. The Morgan fingerprint density at radius 2 is 2.32 bits per heavy atom. The lowest BCUT2D eigenvalue weighted by Gasteiger charge is -2.27. The Hall–Kier alpha value is -2.44. The summed E-state index contributed by atoms with van der Waals surface area (Å²) in [6, 6.07) is 1.26. The number of aromatic carboxylic acids is 1. The van der Waals surface area contributed by atoms with Crippen molar-refractivity contribution in [3.05, 3.63) is 39.6 Å². The van der Waals surface area contributed by atoms with Crippen molar-refractivity contribution in [3.8, 4) is 0 Å². The maximum absolute atomic E-state index is 11.1. The third-order valence-electron chi connectivity index (χ3n) is 2.95. The van der Waals surface area contributed by atoms with Crippen LogP contribution < -0.4 is 4.90 Å². The number of hydrogen-bond acceptors (Lipinski definition) is 5. The molecule has 2 rings (SSSR count). The predicted molar refractivity (Wildman–Crippen MR) is 68.4 cm³/mol. The molecule has 0 atom stereocenters. The number of hydrogen-bond donors (Lipinski definition) is 1. The van der Waals surface area contributed by atoms with E-state index in [0.29, 0.717) is 12.4 Å². The van der Waals surface area contributed by atoms with Crippen molar-refractivity contribution in [2.45, 2.75) is 13.3 Å². The number of pyridine rings is 1. The van der Waals surface area contributed by atoms with E-state index in [9.17, 15) is 14.9 Å². The molecule has 0 unspecified atom stereocenters. The number of nitrogens with zero attached hydrogens (tertiary/aromatic N) is 3. The zero-order valence-corrected chi connectivity index (χ0v) is 10.4. The second-order valence-corrected chi connectivity index (χ2v) is 4.38. The lowest BCUT2D eigenvalue weighted by atomic mass is 10.1. The van der Waals surface area contributed by atoms with Gasteiger partial charge in [-0.3, -0.25) is 10.1 Å². The Balaban J connectivity index is 2.38. The molecule has 0 aromatic carbocycles. The molecule has 0 saturated heterocycles. The van der Waals surface area contributed by atoms with Crippen molar-refractivity contribution in [1.82, 2.24) is 4.98 Å². The summed E-state index contributed by atoms with van der Waals surface area (Å²) in [5, 5.41) is 19.8. The summed E-state index contributed by atoms with van der Waals surface area (Å²) in [6.45, 7) is 3.36. The molecule has 1 aliphatic rings. The van der Waals surface area contributed by atoms with Crippen molar-refractivity contribution < 1.29 is 14.8 Å². The number of carboxylic acids is 1. The van der Waals surface area contributed by atoms with Gasteiger partial charge >= 0.3 is 11.7 Å². The highest BCUT2D eigenvalue weighted by molar-refractivity contribution is 5.93. The first-order valence-corrected chi connectivity index (χ1v) is 5.77. The average Bonchev–Trinajstić information content (AvgIpc) is 2.37. The minimum atomic E-state index is -1.32. The van der Waals surface area contributed by atoms with Crippen molar-refractivity contribution in [1.29, 1.82) is 0 Å². The normalized spacial score (nSPS) is 15.0. The topological polar surface area (TPSA) is 96.6 Å². The van der Waals surface area contributed by atoms with Gasteiger partial charge in [0.05, 0.1) is 4.92 Å². The summed E-state index contributed by atoms with van der Waals surface area (Å²) < 4.78 is 0. The van der Waals surface area contributed by atoms with Gasteiger partial charge in [0.25, 0.3) is 0 Å². The van der Waals surface area contributed by atoms with E-state index in [4.69, 9.17) is 5.11 Å². The minimum Gasteiger partial charge on any atom is -0.477 e. The second-order valence-electron chi connectivity index (χ2n) is 4.38. The third kappa shape index (κ3) is 2.70. The molecule has 0 spiro atoms. The highest BCUT2D eigenvalue weighted by Gasteiger charge is 2.23. The van der Waals surface area contributed by atoms with E-state index in [0.717, 1.165) is 19.2 Å². The lowest BCUT2D eigenvalue weighted by molar-refractivity contribution is -0.385. The Morgan fingerprint density at radius 3 is 2.89 bits per heavy atom. The first-order chi connectivity index (χ1) is 8.99. The van der Waals surface area contributed by atoms with Gasteiger partial charge in [-0.1, -0.05) is 11.6 Å². The van der Waals surface area contributed by atoms with E-state index in [1.807, 2.05) is 11.8 Å². The molecule has 100 valence electrons. The van der Waals surface area contributed by atoms with Crippen LogP contribution in [0.5, 0.6) is 0 Å². The predicted octanol–water partition coefficient (Wildman–Crippen LogP) is 1.84. The lowest BCUT2D eigenvalue weighted by Crippen LogP contribution is -2.30. The zero-order valence-electron chi connectivity index (χ0n) is 10.4. The molecule has 1 aromatic rings. The molecule has 0 bridgehead atoms. The third-order valence-corrected chi connectivity index (χ3v) is 2.95. The van der Waals surface area contributed by atoms with Crippen LogP contribution in [0.4, 0.5) is 11.5 Å². The fourth-order valence-corrected chi connectivity index (χ4v) is 2.03. The number of aromatic nitrogens is 1. The van der Waals surface area contributed by atoms with Gasteiger partial charge in [0.1, 0.15) is 17.6 Å². The van der Waals surface area contributed by atoms with E-state index < -0.39 is 16.6 Å². The van der Waals surface area contributed by atoms with Gasteiger partial charge in [0.15, 0.2) is 0 Å². The molecule has 7 heteroatoms. The van der Waals surface area contributed by atoms with Crippen LogP contribution in [0.25, 0.3) is 0 Å². The Labute approximate surface area is 109 Å². The van der Waals surface area contributed by atoms with Crippen molar-refractivity contribution in [3.63, 3.8) is 0 Å². The largest absolute Gasteiger partial charge is 0.477 e. The number of anilines is 1. The Morgan fingerprint density at radius 1 is 1.58 bits per heavy atom. The molecule has 1 aliphatic heterocycles. The molecular weight excluding hydrogens is 250 g/mol. The van der Waals surface area contributed by atoms with Crippen LogP contribution in [0.1, 0.15) is 23.7 Å². The van der Waals surface area contributed by atoms with E-state index in [-0.39, 0.29) is 5.56 Å². The van der Waals surface area contributed by atoms with Gasteiger partial charge in [0, 0.05) is 19.2 Å². The summed E-state index contributed by atoms with van der Waals surface area (Å²) in [4.78, 5) is 27.0. The number of rotatable bonds is 3. The molecule has 0 amide bonds. The summed E-state index contributed by atoms with van der Waals surface area (Å²) in [5.74, 6) is -0.866. The summed E-state index contributed by atoms with van der Waals surface area (Å²) in [5.41, 5.74) is 0.353. The fraction of sp³-hybridized carbons (Fsp3) is 0.333. The molecule has 0 saturated carbocycles. The first-order valence-electron chi connectivity index (χ1n) is 5.77. The molecule has 0 aliphatic carbocycles. The van der Waals surface area contributed by atoms with Crippen LogP contribution in [0.2, 0.25) is 0 Å². The maximum atomic E-state index is 11.1. The first kappa shape index (κ1) is 13.0. The summed E-state index contributed by atoms with van der Waals surface area (Å²) in [6.07, 6.45) is 3.97. The molecular formula is C12H13N3O4. The van der Waals surface area contributed by atoms with Crippen LogP contribution in [0, 0.1) is 10.1 Å². The van der Waals surface area contributed by atoms with Gasteiger partial charge in [0.2, 0.25) is 0 Å². The summed E-state index contributed by atoms with van der Waals surface area (Å²) in [7, 11) is 0. The van der Waals surface area contributed by atoms with Gasteiger partial charge in [-0.2, -0.15) is 0 Å². The van der Waals surface area contributed by atoms with Crippen LogP contribution in [-0.2, 0) is 0 Å². The standard InChI is InChI=1S/C12H13N3O4/c1-8-3-2-4-14(7-8)11-5-9(12(16)17)10(6-13-11)15(18)19/h3,5-6H,2,4,7H2,1H3,(H,16,17). The molecule has 7 nitrogen and oxygen atoms in total. The molecule has 2 heterocycles. The van der Waals surface area contributed by atoms with Crippen LogP contribution in [0.15, 0.2) is 23.9 Å². The minimum absolute atomic E-state index is 0.331. The van der Waals surface area contributed by atoms with E-state index in [1.54, 1.807) is 0 Å². The molecule has 0 fully saturated rings. The smallest absolute Gasteiger partial charge is 0.342 e. The van der Waals surface area contributed by atoms with Crippen LogP contribution in [-0.4, -0.2) is 34.1 Å². The summed E-state index contributed by atoms with van der Waals surface area (Å²) >= 11 is 0. The van der Waals surface area contributed by atoms with Gasteiger partial charge in [-0.25, -0.2) is 9.78 Å². The second kappa shape index (κ2) is 5.05. The molecule has 1 aromatic heterocycles. The van der Waals surface area contributed by atoms with Gasteiger partial charge in [-0.05, 0) is 13.3 Å². The fourth-order valence-electron chi connectivity index (χ4n) is 2.03. The van der Waals surface area contributed by atoms with Crippen molar-refractivity contribution >= 4 is 17.5 Å². The van der Waals surface area contributed by atoms with Crippen molar-refractivity contribution in [2.75, 3.05) is 18.0 Å². The Kier molecular flexibility index (Phi) is 3.46.